The van der Waals surface area contributed by atoms with Crippen molar-refractivity contribution in [3.05, 3.63) is 57.4 Å². The summed E-state index contributed by atoms with van der Waals surface area (Å²) in [6.07, 6.45) is -6.18. The van der Waals surface area contributed by atoms with Crippen LogP contribution in [-0.4, -0.2) is 54.0 Å². The Morgan fingerprint density at radius 2 is 1.83 bits per heavy atom. The van der Waals surface area contributed by atoms with Crippen molar-refractivity contribution in [1.82, 2.24) is 14.9 Å². The topological polar surface area (TPSA) is 126 Å². The van der Waals surface area contributed by atoms with E-state index in [-0.39, 0.29) is 36.7 Å². The van der Waals surface area contributed by atoms with Gasteiger partial charge in [-0.3, -0.25) is 9.59 Å². The van der Waals surface area contributed by atoms with E-state index < -0.39 is 62.0 Å². The van der Waals surface area contributed by atoms with Crippen LogP contribution in [0.1, 0.15) is 57.2 Å². The molecule has 4 heterocycles. The van der Waals surface area contributed by atoms with Gasteiger partial charge in [-0.1, -0.05) is 38.2 Å². The third kappa shape index (κ3) is 6.14. The minimum absolute atomic E-state index is 0.0484. The normalized spacial score (nSPS) is 17.5. The highest BCUT2D eigenvalue weighted by Gasteiger charge is 2.51. The number of cyclic esters (lactones) is 1. The molecule has 1 N–H and O–H groups in total. The van der Waals surface area contributed by atoms with Gasteiger partial charge in [0, 0.05) is 12.0 Å². The van der Waals surface area contributed by atoms with Crippen LogP contribution in [0.15, 0.2) is 35.1 Å². The maximum absolute atomic E-state index is 14.0. The molecule has 46 heavy (non-hydrogen) atoms. The Morgan fingerprint density at radius 3 is 2.48 bits per heavy atom. The number of halogens is 3. The zero-order valence-electron chi connectivity index (χ0n) is 26.5. The fraction of sp³-hybridized carbons (Fsp3) is 0.469. The van der Waals surface area contributed by atoms with Crippen LogP contribution in [0.5, 0.6) is 0 Å². The van der Waals surface area contributed by atoms with Gasteiger partial charge in [0.25, 0.3) is 5.56 Å². The first kappa shape index (κ1) is 33.2. The molecule has 1 atom stereocenters. The van der Waals surface area contributed by atoms with E-state index in [4.69, 9.17) is 19.2 Å². The van der Waals surface area contributed by atoms with Crippen molar-refractivity contribution in [3.63, 3.8) is 0 Å². The Morgan fingerprint density at radius 1 is 1.13 bits per heavy atom. The summed E-state index contributed by atoms with van der Waals surface area (Å²) >= 11 is 0. The number of hydrogen-bond acceptors (Lipinski definition) is 8. The molecule has 1 aromatic carbocycles. The minimum Gasteiger partial charge on any atom is -0.457 e. The summed E-state index contributed by atoms with van der Waals surface area (Å²) < 4.78 is 57.8. The molecule has 0 bridgehead atoms. The number of alkyl halides is 3. The minimum atomic E-state index is -4.31. The van der Waals surface area contributed by atoms with Gasteiger partial charge in [-0.15, -0.1) is 0 Å². The Balaban J connectivity index is 1.60. The van der Waals surface area contributed by atoms with Crippen LogP contribution in [0.4, 0.5) is 18.0 Å². The summed E-state index contributed by atoms with van der Waals surface area (Å²) in [6, 6.07) is 8.76. The summed E-state index contributed by atoms with van der Waals surface area (Å²) in [7, 11) is -2.77. The molecule has 10 nitrogen and oxygen atoms in total. The number of esters is 2. The zero-order valence-corrected chi connectivity index (χ0v) is 27.5. The highest BCUT2D eigenvalue weighted by atomic mass is 28.3. The average molecular weight is 660 g/mol. The Hall–Kier alpha value is -4.20. The van der Waals surface area contributed by atoms with Gasteiger partial charge in [0.05, 0.1) is 37.1 Å². The van der Waals surface area contributed by atoms with Crippen LogP contribution in [0.25, 0.3) is 22.3 Å². The molecule has 0 radical (unpaired) electrons. The predicted octanol–water partition coefficient (Wildman–Crippen LogP) is 5.02. The molecule has 1 amide bonds. The van der Waals surface area contributed by atoms with E-state index in [0.717, 1.165) is 10.6 Å². The summed E-state index contributed by atoms with van der Waals surface area (Å²) in [5.74, 6) is -1.83. The number of fused-ring (bicyclic) bond motifs is 5. The molecule has 1 unspecified atom stereocenters. The molecule has 2 aromatic heterocycles. The fourth-order valence-corrected chi connectivity index (χ4v) is 9.34. The molecule has 0 saturated carbocycles. The van der Waals surface area contributed by atoms with E-state index in [0.29, 0.717) is 22.5 Å². The Kier molecular flexibility index (Phi) is 8.33. The molecule has 0 saturated heterocycles. The Labute approximate surface area is 264 Å². The van der Waals surface area contributed by atoms with Crippen molar-refractivity contribution in [3.8, 4) is 11.4 Å². The number of carbonyl (C=O) groups excluding carboxylic acids is 3. The lowest BCUT2D eigenvalue weighted by Crippen LogP contribution is -2.49. The van der Waals surface area contributed by atoms with E-state index in [1.807, 2.05) is 25.2 Å². The van der Waals surface area contributed by atoms with Gasteiger partial charge < -0.3 is 24.1 Å². The molecule has 0 aliphatic carbocycles. The first-order chi connectivity index (χ1) is 21.4. The second-order valence-electron chi connectivity index (χ2n) is 13.2. The van der Waals surface area contributed by atoms with E-state index in [2.05, 4.69) is 5.32 Å². The SMILES string of the molecule is CCC1(OC(=O)CNC(=O)OC(C)(C)C)C(=O)OCc2c1cc1n(c2=O)Cc2c-1nc1ccccc1c2[Si](C)(C)CCC(F)(F)F. The number of alkyl carbamates (subject to hydrolysis) is 1. The van der Waals surface area contributed by atoms with Crippen molar-refractivity contribution >= 4 is 42.2 Å². The number of nitrogens with one attached hydrogen (secondary N) is 1. The lowest BCUT2D eigenvalue weighted by molar-refractivity contribution is -0.188. The molecule has 2 aliphatic heterocycles. The molecule has 0 spiro atoms. The quantitative estimate of drug-likeness (QED) is 0.167. The zero-order chi connectivity index (χ0) is 33.8. The van der Waals surface area contributed by atoms with E-state index >= 15 is 0 Å². The lowest BCUT2D eigenvalue weighted by atomic mass is 9.85. The average Bonchev–Trinajstić information content (AvgIpc) is 3.32. The first-order valence-electron chi connectivity index (χ1n) is 15.0. The van der Waals surface area contributed by atoms with Gasteiger partial charge in [-0.25, -0.2) is 14.6 Å². The number of amides is 1. The number of benzene rings is 1. The number of ether oxygens (including phenoxy) is 3. The third-order valence-corrected chi connectivity index (χ3v) is 11.8. The molecule has 2 aliphatic rings. The monoisotopic (exact) mass is 659 g/mol. The van der Waals surface area contributed by atoms with E-state index in [1.165, 1.54) is 4.57 Å². The number of rotatable bonds is 7. The molecule has 5 rings (SSSR count). The standard InChI is InChI=1S/C32H36F3N3O7Si/c1-7-31(44-24(39)15-36-29(42)45-30(2,3)4)21-14-23-25-19(16-38(23)27(40)20(21)17-43-28(31)41)26(18-10-8-9-11-22(18)37-25)46(5,6)13-12-32(33,34)35/h8-11,14H,7,12-13,15-17H2,1-6H3,(H,36,42). The molecule has 0 fully saturated rings. The van der Waals surface area contributed by atoms with E-state index in [9.17, 15) is 32.3 Å². The largest absolute Gasteiger partial charge is 0.457 e. The number of nitrogens with zero attached hydrogens (tertiary/aromatic N) is 2. The summed E-state index contributed by atoms with van der Waals surface area (Å²) in [5, 5.41) is 3.85. The molecule has 14 heteroatoms. The van der Waals surface area contributed by atoms with Crippen molar-refractivity contribution in [2.24, 2.45) is 0 Å². The van der Waals surface area contributed by atoms with Crippen LogP contribution in [0.3, 0.4) is 0 Å². The van der Waals surface area contributed by atoms with Crippen LogP contribution in [-0.2, 0) is 42.6 Å². The van der Waals surface area contributed by atoms with Crippen molar-refractivity contribution in [2.45, 2.75) is 90.2 Å². The summed E-state index contributed by atoms with van der Waals surface area (Å²) in [5.41, 5.74) is -0.977. The van der Waals surface area contributed by atoms with Gasteiger partial charge in [0.2, 0.25) is 5.60 Å². The number of hydrogen-bond donors (Lipinski definition) is 1. The van der Waals surface area contributed by atoms with Crippen molar-refractivity contribution in [2.75, 3.05) is 6.54 Å². The maximum atomic E-state index is 14.0. The van der Waals surface area contributed by atoms with Gasteiger partial charge in [-0.05, 0) is 61.5 Å². The van der Waals surface area contributed by atoms with Gasteiger partial charge in [0.15, 0.2) is 0 Å². The smallest absolute Gasteiger partial charge is 0.408 e. The molecule has 3 aromatic rings. The number of pyridine rings is 2. The molecular weight excluding hydrogens is 623 g/mol. The maximum Gasteiger partial charge on any atom is 0.408 e. The first-order valence-corrected chi connectivity index (χ1v) is 18.2. The number of aromatic nitrogens is 2. The molecular formula is C32H36F3N3O7Si. The van der Waals surface area contributed by atoms with Crippen LogP contribution < -0.4 is 16.1 Å². The van der Waals surface area contributed by atoms with Crippen LogP contribution in [0, 0.1) is 0 Å². The highest BCUT2D eigenvalue weighted by Crippen LogP contribution is 2.41. The van der Waals surface area contributed by atoms with E-state index in [1.54, 1.807) is 45.9 Å². The summed E-state index contributed by atoms with van der Waals surface area (Å²) in [4.78, 5) is 57.3. The van der Waals surface area contributed by atoms with Gasteiger partial charge >= 0.3 is 24.2 Å². The van der Waals surface area contributed by atoms with Gasteiger partial charge in [-0.2, -0.15) is 13.2 Å². The number of para-hydroxylation sites is 1. The van der Waals surface area contributed by atoms with Gasteiger partial charge in [0.1, 0.15) is 18.8 Å². The Bertz CT molecular complexity index is 1810. The van der Waals surface area contributed by atoms with Crippen LogP contribution >= 0.6 is 0 Å². The second kappa shape index (κ2) is 11.5. The molecule has 246 valence electrons. The third-order valence-electron chi connectivity index (χ3n) is 8.34. The number of carbonyl (C=O) groups is 3. The van der Waals surface area contributed by atoms with Crippen LogP contribution in [0.2, 0.25) is 19.1 Å². The fourth-order valence-electron chi connectivity index (χ4n) is 6.23. The summed E-state index contributed by atoms with van der Waals surface area (Å²) in [6.45, 7) is 9.47. The lowest BCUT2D eigenvalue weighted by Gasteiger charge is -2.35. The van der Waals surface area contributed by atoms with Crippen molar-refractivity contribution in [1.29, 1.82) is 0 Å². The van der Waals surface area contributed by atoms with Crippen molar-refractivity contribution < 1.29 is 41.8 Å². The second-order valence-corrected chi connectivity index (χ2v) is 18.0. The predicted molar refractivity (Wildman–Crippen MR) is 165 cm³/mol. The highest BCUT2D eigenvalue weighted by molar-refractivity contribution is 6.91.